The van der Waals surface area contributed by atoms with E-state index in [0.717, 1.165) is 11.1 Å². The Kier molecular flexibility index (Phi) is 2.50. The Morgan fingerprint density at radius 1 is 1.13 bits per heavy atom. The van der Waals surface area contributed by atoms with Crippen molar-refractivity contribution in [3.8, 4) is 11.1 Å². The van der Waals surface area contributed by atoms with Crippen LogP contribution in [0.25, 0.3) is 11.1 Å². The van der Waals surface area contributed by atoms with E-state index in [0.29, 0.717) is 5.56 Å². The summed E-state index contributed by atoms with van der Waals surface area (Å²) in [5, 5.41) is 8.85. The van der Waals surface area contributed by atoms with Crippen LogP contribution in [0, 0.1) is 6.07 Å². The maximum absolute atomic E-state index is 10.8. The molecule has 1 N–H and O–H groups in total. The Bertz CT molecular complexity index is 475. The Morgan fingerprint density at radius 2 is 1.93 bits per heavy atom. The van der Waals surface area contributed by atoms with E-state index in [9.17, 15) is 4.79 Å². The molecule has 0 heterocycles. The average molecular weight is 197 g/mol. The summed E-state index contributed by atoms with van der Waals surface area (Å²) in [7, 11) is 0. The van der Waals surface area contributed by atoms with Gasteiger partial charge in [-0.25, -0.2) is 4.79 Å². The molecule has 2 aromatic carbocycles. The topological polar surface area (TPSA) is 37.3 Å². The number of hydrogen-bond donors (Lipinski definition) is 1. The van der Waals surface area contributed by atoms with E-state index in [1.807, 2.05) is 30.3 Å². The van der Waals surface area contributed by atoms with Gasteiger partial charge in [-0.1, -0.05) is 30.3 Å². The average Bonchev–Trinajstić information content (AvgIpc) is 2.30. The predicted octanol–water partition coefficient (Wildman–Crippen LogP) is 2.85. The zero-order valence-corrected chi connectivity index (χ0v) is 7.97. The highest BCUT2D eigenvalue weighted by Gasteiger charge is 2.03. The van der Waals surface area contributed by atoms with Crippen LogP contribution in [-0.4, -0.2) is 11.1 Å². The standard InChI is InChI=1S/C13H9O2/c14-13(15)12-8-4-7-11(9-12)10-5-2-1-3-6-10/h1-2,4-9H,(H,14,15). The summed E-state index contributed by atoms with van der Waals surface area (Å²) < 4.78 is 0. The molecule has 2 aromatic rings. The van der Waals surface area contributed by atoms with E-state index in [4.69, 9.17) is 5.11 Å². The Labute approximate surface area is 87.8 Å². The molecule has 0 aliphatic heterocycles. The van der Waals surface area contributed by atoms with Gasteiger partial charge in [-0.15, -0.1) is 0 Å². The predicted molar refractivity (Wildman–Crippen MR) is 57.7 cm³/mol. The lowest BCUT2D eigenvalue weighted by atomic mass is 10.0. The molecular formula is C13H9O2. The van der Waals surface area contributed by atoms with E-state index in [-0.39, 0.29) is 0 Å². The quantitative estimate of drug-likeness (QED) is 0.803. The van der Waals surface area contributed by atoms with E-state index in [2.05, 4.69) is 6.07 Å². The van der Waals surface area contributed by atoms with Gasteiger partial charge in [0.25, 0.3) is 0 Å². The fourth-order valence-corrected chi connectivity index (χ4v) is 1.40. The largest absolute Gasteiger partial charge is 0.478 e. The van der Waals surface area contributed by atoms with Gasteiger partial charge in [0.15, 0.2) is 0 Å². The number of rotatable bonds is 2. The molecule has 0 unspecified atom stereocenters. The zero-order valence-electron chi connectivity index (χ0n) is 7.97. The van der Waals surface area contributed by atoms with Gasteiger partial charge >= 0.3 is 5.97 Å². The van der Waals surface area contributed by atoms with Gasteiger partial charge in [-0.2, -0.15) is 0 Å². The fourth-order valence-electron chi connectivity index (χ4n) is 1.40. The van der Waals surface area contributed by atoms with Crippen LogP contribution >= 0.6 is 0 Å². The van der Waals surface area contributed by atoms with Gasteiger partial charge in [0.2, 0.25) is 0 Å². The second kappa shape index (κ2) is 3.96. The minimum Gasteiger partial charge on any atom is -0.478 e. The summed E-state index contributed by atoms with van der Waals surface area (Å²) in [5.74, 6) is -0.906. The molecule has 0 aliphatic rings. The monoisotopic (exact) mass is 197 g/mol. The van der Waals surface area contributed by atoms with Crippen molar-refractivity contribution >= 4 is 5.97 Å². The van der Waals surface area contributed by atoms with Gasteiger partial charge in [-0.05, 0) is 35.4 Å². The van der Waals surface area contributed by atoms with Crippen molar-refractivity contribution in [2.45, 2.75) is 0 Å². The van der Waals surface area contributed by atoms with E-state index < -0.39 is 5.97 Å². The van der Waals surface area contributed by atoms with Crippen LogP contribution in [-0.2, 0) is 0 Å². The first-order chi connectivity index (χ1) is 7.27. The first-order valence-corrected chi connectivity index (χ1v) is 4.57. The Hall–Kier alpha value is -2.09. The van der Waals surface area contributed by atoms with E-state index >= 15 is 0 Å². The summed E-state index contributed by atoms with van der Waals surface area (Å²) in [6, 6.07) is 17.3. The van der Waals surface area contributed by atoms with Crippen molar-refractivity contribution in [1.29, 1.82) is 0 Å². The van der Waals surface area contributed by atoms with Crippen molar-refractivity contribution in [1.82, 2.24) is 0 Å². The second-order valence-electron chi connectivity index (χ2n) is 3.18. The van der Waals surface area contributed by atoms with Gasteiger partial charge in [0.05, 0.1) is 5.56 Å². The molecule has 1 radical (unpaired) electrons. The van der Waals surface area contributed by atoms with Crippen molar-refractivity contribution in [3.05, 3.63) is 60.2 Å². The lowest BCUT2D eigenvalue weighted by Gasteiger charge is -2.01. The maximum atomic E-state index is 10.8. The van der Waals surface area contributed by atoms with E-state index in [1.165, 1.54) is 0 Å². The first-order valence-electron chi connectivity index (χ1n) is 4.57. The van der Waals surface area contributed by atoms with Gasteiger partial charge in [-0.3, -0.25) is 0 Å². The molecule has 0 fully saturated rings. The molecule has 2 nitrogen and oxygen atoms in total. The third kappa shape index (κ3) is 2.05. The van der Waals surface area contributed by atoms with Gasteiger partial charge < -0.3 is 5.11 Å². The minimum absolute atomic E-state index is 0.302. The number of hydrogen-bond acceptors (Lipinski definition) is 1. The summed E-state index contributed by atoms with van der Waals surface area (Å²) in [6.45, 7) is 0. The second-order valence-corrected chi connectivity index (χ2v) is 3.18. The number of carboxylic acids is 1. The molecule has 0 aromatic heterocycles. The maximum Gasteiger partial charge on any atom is 0.335 e. The Balaban J connectivity index is 2.46. The van der Waals surface area contributed by atoms with Crippen LogP contribution in [0.1, 0.15) is 10.4 Å². The molecule has 0 saturated carbocycles. The smallest absolute Gasteiger partial charge is 0.335 e. The summed E-state index contributed by atoms with van der Waals surface area (Å²) in [4.78, 5) is 10.8. The molecule has 0 spiro atoms. The number of aromatic carboxylic acids is 1. The SMILES string of the molecule is O=C(O)c1cccc(-c2c[c]ccc2)c1. The molecule has 0 atom stereocenters. The molecule has 2 rings (SSSR count). The highest BCUT2D eigenvalue weighted by atomic mass is 16.4. The van der Waals surface area contributed by atoms with Gasteiger partial charge in [0, 0.05) is 0 Å². The summed E-state index contributed by atoms with van der Waals surface area (Å²) >= 11 is 0. The molecule has 0 bridgehead atoms. The molecule has 0 aliphatic carbocycles. The van der Waals surface area contributed by atoms with Gasteiger partial charge in [0.1, 0.15) is 0 Å². The molecular weight excluding hydrogens is 188 g/mol. The van der Waals surface area contributed by atoms with Crippen molar-refractivity contribution in [2.24, 2.45) is 0 Å². The molecule has 15 heavy (non-hydrogen) atoms. The van der Waals surface area contributed by atoms with Crippen molar-refractivity contribution in [2.75, 3.05) is 0 Å². The zero-order chi connectivity index (χ0) is 10.7. The van der Waals surface area contributed by atoms with Crippen LogP contribution in [0.3, 0.4) is 0 Å². The molecule has 73 valence electrons. The van der Waals surface area contributed by atoms with Crippen LogP contribution in [0.15, 0.2) is 48.5 Å². The lowest BCUT2D eigenvalue weighted by Crippen LogP contribution is -1.95. The molecule has 2 heteroatoms. The van der Waals surface area contributed by atoms with Crippen molar-refractivity contribution in [3.63, 3.8) is 0 Å². The Morgan fingerprint density at radius 3 is 2.60 bits per heavy atom. The minimum atomic E-state index is -0.906. The third-order valence-corrected chi connectivity index (χ3v) is 2.15. The molecule has 0 amide bonds. The van der Waals surface area contributed by atoms with Crippen LogP contribution in [0.5, 0.6) is 0 Å². The summed E-state index contributed by atoms with van der Waals surface area (Å²) in [6.07, 6.45) is 0. The first kappa shape index (κ1) is 9.46. The highest BCUT2D eigenvalue weighted by Crippen LogP contribution is 2.19. The van der Waals surface area contributed by atoms with Crippen LogP contribution in [0.4, 0.5) is 0 Å². The molecule has 0 saturated heterocycles. The van der Waals surface area contributed by atoms with Crippen LogP contribution < -0.4 is 0 Å². The van der Waals surface area contributed by atoms with Crippen molar-refractivity contribution < 1.29 is 9.90 Å². The van der Waals surface area contributed by atoms with E-state index in [1.54, 1.807) is 18.2 Å². The summed E-state index contributed by atoms with van der Waals surface area (Å²) in [5.41, 5.74) is 2.17. The third-order valence-electron chi connectivity index (χ3n) is 2.15. The normalized spacial score (nSPS) is 9.87. The number of carbonyl (C=O) groups is 1. The van der Waals surface area contributed by atoms with Crippen LogP contribution in [0.2, 0.25) is 0 Å². The lowest BCUT2D eigenvalue weighted by molar-refractivity contribution is 0.0697. The highest BCUT2D eigenvalue weighted by molar-refractivity contribution is 5.89. The number of carboxylic acid groups (broad SMARTS) is 1. The fraction of sp³-hybridized carbons (Fsp3) is 0. The number of benzene rings is 2.